The molecule has 24 heavy (non-hydrogen) atoms. The van der Waals surface area contributed by atoms with Crippen molar-refractivity contribution < 1.29 is 14.6 Å². The first-order valence-corrected chi connectivity index (χ1v) is 9.21. The summed E-state index contributed by atoms with van der Waals surface area (Å²) in [5.41, 5.74) is 1.48. The molecule has 2 rings (SSSR count). The molecule has 3 nitrogen and oxygen atoms in total. The third-order valence-corrected chi connectivity index (χ3v) is 4.91. The summed E-state index contributed by atoms with van der Waals surface area (Å²) >= 11 is 0. The molecule has 0 radical (unpaired) electrons. The summed E-state index contributed by atoms with van der Waals surface area (Å²) in [4.78, 5) is 11.3. The fourth-order valence-corrected chi connectivity index (χ4v) is 3.29. The number of carbonyl (C=O) groups excluding carboxylic acids is 1. The number of phenolic OH excluding ortho intramolecular Hbond substituents is 1. The lowest BCUT2D eigenvalue weighted by Crippen LogP contribution is -2.07. The number of phenols is 1. The molecule has 0 spiro atoms. The minimum atomic E-state index is 0.0350. The molecule has 1 N–H and O–H groups in total. The highest BCUT2D eigenvalue weighted by Crippen LogP contribution is 2.29. The van der Waals surface area contributed by atoms with Gasteiger partial charge in [-0.1, -0.05) is 44.6 Å². The van der Waals surface area contributed by atoms with Gasteiger partial charge >= 0.3 is 0 Å². The van der Waals surface area contributed by atoms with Crippen LogP contribution < -0.4 is 4.74 Å². The standard InChI is InChI=1S/C21H30O3/c1-16(17(2)22)14-19-11-12-21(20(23)15-19)24-13-7-6-10-18-8-4-3-5-9-18/h11-12,14-15,18,23H,3-10,13H2,1-2H3/b16-14+. The first-order chi connectivity index (χ1) is 11.6. The van der Waals surface area contributed by atoms with Crippen LogP contribution in [-0.2, 0) is 4.79 Å². The van der Waals surface area contributed by atoms with Gasteiger partial charge in [-0.05, 0) is 62.0 Å². The Balaban J connectivity index is 1.74. The van der Waals surface area contributed by atoms with E-state index in [-0.39, 0.29) is 11.5 Å². The van der Waals surface area contributed by atoms with Gasteiger partial charge in [0.05, 0.1) is 6.61 Å². The Kier molecular flexibility index (Phi) is 7.36. The Labute approximate surface area is 145 Å². The number of benzene rings is 1. The largest absolute Gasteiger partial charge is 0.504 e. The van der Waals surface area contributed by atoms with Crippen LogP contribution in [0.25, 0.3) is 6.08 Å². The van der Waals surface area contributed by atoms with Gasteiger partial charge in [0, 0.05) is 0 Å². The zero-order chi connectivity index (χ0) is 17.4. The first kappa shape index (κ1) is 18.6. The Morgan fingerprint density at radius 2 is 1.96 bits per heavy atom. The molecule has 0 amide bonds. The van der Waals surface area contributed by atoms with Crippen LogP contribution in [0.2, 0.25) is 0 Å². The third-order valence-electron chi connectivity index (χ3n) is 4.91. The quantitative estimate of drug-likeness (QED) is 0.504. The van der Waals surface area contributed by atoms with Crippen LogP contribution in [0.15, 0.2) is 23.8 Å². The van der Waals surface area contributed by atoms with Crippen LogP contribution in [0.5, 0.6) is 11.5 Å². The van der Waals surface area contributed by atoms with Crippen molar-refractivity contribution >= 4 is 11.9 Å². The number of Topliss-reactive ketones (excluding diaryl/α,β-unsaturated/α-hetero) is 1. The molecule has 0 aromatic heterocycles. The molecule has 1 aromatic carbocycles. The van der Waals surface area contributed by atoms with E-state index in [9.17, 15) is 9.90 Å². The van der Waals surface area contributed by atoms with Crippen molar-refractivity contribution in [2.24, 2.45) is 5.92 Å². The predicted molar refractivity (Wildman–Crippen MR) is 98.4 cm³/mol. The van der Waals surface area contributed by atoms with E-state index in [1.165, 1.54) is 51.9 Å². The lowest BCUT2D eigenvalue weighted by atomic mass is 9.86. The first-order valence-electron chi connectivity index (χ1n) is 9.21. The van der Waals surface area contributed by atoms with Gasteiger partial charge in [0.2, 0.25) is 0 Å². The molecule has 0 heterocycles. The van der Waals surface area contributed by atoms with Crippen molar-refractivity contribution in [1.82, 2.24) is 0 Å². The number of carbonyl (C=O) groups is 1. The van der Waals surface area contributed by atoms with Gasteiger partial charge < -0.3 is 9.84 Å². The van der Waals surface area contributed by atoms with Crippen molar-refractivity contribution in [3.8, 4) is 11.5 Å². The van der Waals surface area contributed by atoms with Gasteiger partial charge in [-0.15, -0.1) is 0 Å². The minimum Gasteiger partial charge on any atom is -0.504 e. The minimum absolute atomic E-state index is 0.0350. The average molecular weight is 330 g/mol. The average Bonchev–Trinajstić information content (AvgIpc) is 2.57. The Bertz CT molecular complexity index is 568. The van der Waals surface area contributed by atoms with Crippen LogP contribution in [0.1, 0.15) is 70.8 Å². The second-order valence-electron chi connectivity index (χ2n) is 6.96. The summed E-state index contributed by atoms with van der Waals surface area (Å²) in [6.45, 7) is 3.95. The fraction of sp³-hybridized carbons (Fsp3) is 0.571. The number of ketones is 1. The third kappa shape index (κ3) is 6.03. The molecule has 1 aliphatic carbocycles. The number of rotatable bonds is 8. The summed E-state index contributed by atoms with van der Waals surface area (Å²) in [6, 6.07) is 5.28. The zero-order valence-corrected chi connectivity index (χ0v) is 15.0. The maximum atomic E-state index is 11.3. The van der Waals surface area contributed by atoms with E-state index in [2.05, 4.69) is 0 Å². The van der Waals surface area contributed by atoms with Gasteiger partial charge in [-0.2, -0.15) is 0 Å². The second kappa shape index (κ2) is 9.51. The van der Waals surface area contributed by atoms with Crippen molar-refractivity contribution in [2.75, 3.05) is 6.61 Å². The van der Waals surface area contributed by atoms with Gasteiger partial charge in [-0.25, -0.2) is 0 Å². The van der Waals surface area contributed by atoms with Crippen LogP contribution >= 0.6 is 0 Å². The molecule has 1 aromatic rings. The Morgan fingerprint density at radius 1 is 1.21 bits per heavy atom. The maximum Gasteiger partial charge on any atom is 0.160 e. The van der Waals surface area contributed by atoms with E-state index < -0.39 is 0 Å². The monoisotopic (exact) mass is 330 g/mol. The van der Waals surface area contributed by atoms with E-state index in [4.69, 9.17) is 4.74 Å². The number of aromatic hydroxyl groups is 1. The molecule has 1 fully saturated rings. The van der Waals surface area contributed by atoms with Crippen LogP contribution in [0.3, 0.4) is 0 Å². The molecule has 0 aliphatic heterocycles. The fourth-order valence-electron chi connectivity index (χ4n) is 3.29. The number of allylic oxidation sites excluding steroid dienone is 1. The highest BCUT2D eigenvalue weighted by atomic mass is 16.5. The maximum absolute atomic E-state index is 11.3. The molecule has 132 valence electrons. The van der Waals surface area contributed by atoms with Gasteiger partial charge in [0.25, 0.3) is 0 Å². The molecule has 0 atom stereocenters. The summed E-state index contributed by atoms with van der Waals surface area (Å²) in [5, 5.41) is 10.1. The lowest BCUT2D eigenvalue weighted by Gasteiger charge is -2.21. The topological polar surface area (TPSA) is 46.5 Å². The van der Waals surface area contributed by atoms with E-state index in [0.717, 1.165) is 17.9 Å². The number of hydrogen-bond donors (Lipinski definition) is 1. The number of hydrogen-bond acceptors (Lipinski definition) is 3. The van der Waals surface area contributed by atoms with Crippen LogP contribution in [-0.4, -0.2) is 17.5 Å². The summed E-state index contributed by atoms with van der Waals surface area (Å²) in [5.74, 6) is 1.60. The molecular weight excluding hydrogens is 300 g/mol. The smallest absolute Gasteiger partial charge is 0.160 e. The van der Waals surface area contributed by atoms with Gasteiger partial charge in [-0.3, -0.25) is 4.79 Å². The predicted octanol–water partition coefficient (Wildman–Crippen LogP) is 5.51. The molecular formula is C21H30O3. The molecule has 0 unspecified atom stereocenters. The Morgan fingerprint density at radius 3 is 2.62 bits per heavy atom. The van der Waals surface area contributed by atoms with Crippen molar-refractivity contribution in [3.05, 3.63) is 29.3 Å². The van der Waals surface area contributed by atoms with E-state index in [1.807, 2.05) is 6.07 Å². The lowest BCUT2D eigenvalue weighted by molar-refractivity contribution is -0.113. The van der Waals surface area contributed by atoms with Crippen molar-refractivity contribution in [3.63, 3.8) is 0 Å². The van der Waals surface area contributed by atoms with Crippen molar-refractivity contribution in [2.45, 2.75) is 65.2 Å². The molecule has 0 bridgehead atoms. The summed E-state index contributed by atoms with van der Waals surface area (Å²) < 4.78 is 5.70. The van der Waals surface area contributed by atoms with Crippen LogP contribution in [0, 0.1) is 5.92 Å². The van der Waals surface area contributed by atoms with Gasteiger partial charge in [0.1, 0.15) is 0 Å². The second-order valence-corrected chi connectivity index (χ2v) is 6.96. The summed E-state index contributed by atoms with van der Waals surface area (Å²) in [6.07, 6.45) is 12.3. The van der Waals surface area contributed by atoms with Gasteiger partial charge in [0.15, 0.2) is 17.3 Å². The SMILES string of the molecule is CC(=O)/C(C)=C/c1ccc(OCCCCC2CCCCC2)c(O)c1. The van der Waals surface area contributed by atoms with E-state index in [1.54, 1.807) is 25.1 Å². The highest BCUT2D eigenvalue weighted by Gasteiger charge is 2.12. The van der Waals surface area contributed by atoms with Crippen molar-refractivity contribution in [1.29, 1.82) is 0 Å². The number of ether oxygens (including phenoxy) is 1. The number of unbranched alkanes of at least 4 members (excludes halogenated alkanes) is 1. The summed E-state index contributed by atoms with van der Waals surface area (Å²) in [7, 11) is 0. The molecule has 1 aliphatic rings. The van der Waals surface area contributed by atoms with E-state index in [0.29, 0.717) is 17.9 Å². The van der Waals surface area contributed by atoms with Crippen LogP contribution in [0.4, 0.5) is 0 Å². The highest BCUT2D eigenvalue weighted by molar-refractivity contribution is 5.97. The molecule has 3 heteroatoms. The molecule has 0 saturated heterocycles. The Hall–Kier alpha value is -1.77. The normalized spacial score (nSPS) is 16.2. The molecule has 1 saturated carbocycles. The zero-order valence-electron chi connectivity index (χ0n) is 15.0. The van der Waals surface area contributed by atoms with E-state index >= 15 is 0 Å².